The minimum absolute atomic E-state index is 0.107. The molecule has 0 aromatic carbocycles. The molecule has 0 rings (SSSR count). The average Bonchev–Trinajstić information content (AvgIpc) is 0.979. The van der Waals surface area contributed by atoms with Crippen molar-refractivity contribution in [3.8, 4) is 0 Å². The molecule has 5 atom stereocenters. The zero-order chi connectivity index (χ0) is 72.8. The van der Waals surface area contributed by atoms with Gasteiger partial charge in [-0.25, -0.2) is 9.13 Å². The van der Waals surface area contributed by atoms with E-state index in [1.807, 2.05) is 0 Å². The molecule has 17 nitrogen and oxygen atoms in total. The Kier molecular flexibility index (Phi) is 70.3. The van der Waals surface area contributed by atoms with E-state index in [0.29, 0.717) is 31.6 Å². The average molecular weight is 1450 g/mol. The van der Waals surface area contributed by atoms with E-state index in [-0.39, 0.29) is 25.7 Å². The minimum Gasteiger partial charge on any atom is -0.462 e. The third-order valence-corrected chi connectivity index (χ3v) is 20.6. The van der Waals surface area contributed by atoms with Crippen LogP contribution in [0.25, 0.3) is 0 Å². The lowest BCUT2D eigenvalue weighted by molar-refractivity contribution is -0.161. The predicted molar refractivity (Wildman–Crippen MR) is 405 cm³/mol. The Morgan fingerprint density at radius 2 is 0.465 bits per heavy atom. The number of hydrogen-bond donors (Lipinski definition) is 3. The number of unbranched alkanes of at least 4 members (excludes halogenated alkanes) is 49. The smallest absolute Gasteiger partial charge is 0.462 e. The van der Waals surface area contributed by atoms with Gasteiger partial charge < -0.3 is 33.8 Å². The van der Waals surface area contributed by atoms with Gasteiger partial charge in [0.25, 0.3) is 0 Å². The number of phosphoric acid groups is 2. The van der Waals surface area contributed by atoms with Crippen LogP contribution in [0.15, 0.2) is 0 Å². The predicted octanol–water partition coefficient (Wildman–Crippen LogP) is 23.9. The largest absolute Gasteiger partial charge is 0.472 e. The second-order valence-electron chi connectivity index (χ2n) is 29.8. The van der Waals surface area contributed by atoms with E-state index >= 15 is 0 Å². The lowest BCUT2D eigenvalue weighted by Crippen LogP contribution is -2.30. The lowest BCUT2D eigenvalue weighted by atomic mass is 10.0. The van der Waals surface area contributed by atoms with Crippen molar-refractivity contribution >= 4 is 39.5 Å². The van der Waals surface area contributed by atoms with Crippen molar-refractivity contribution < 1.29 is 80.2 Å². The Balaban J connectivity index is 5.24. The van der Waals surface area contributed by atoms with Crippen molar-refractivity contribution in [2.24, 2.45) is 11.8 Å². The quantitative estimate of drug-likeness (QED) is 0.0222. The summed E-state index contributed by atoms with van der Waals surface area (Å²) in [6.07, 6.45) is 61.1. The number of hydrogen-bond acceptors (Lipinski definition) is 15. The second-order valence-corrected chi connectivity index (χ2v) is 32.7. The highest BCUT2D eigenvalue weighted by Crippen LogP contribution is 2.45. The first-order valence-electron chi connectivity index (χ1n) is 41.5. The molecule has 3 N–H and O–H groups in total. The minimum atomic E-state index is -4.96. The normalized spacial score (nSPS) is 13.9. The fourth-order valence-electron chi connectivity index (χ4n) is 12.4. The fraction of sp³-hybridized carbons (Fsp3) is 0.950. The third kappa shape index (κ3) is 74.1. The molecule has 0 aliphatic heterocycles. The summed E-state index contributed by atoms with van der Waals surface area (Å²) in [5.41, 5.74) is 0. The highest BCUT2D eigenvalue weighted by atomic mass is 31.2. The number of aliphatic hydroxyl groups is 1. The molecule has 588 valence electrons. The van der Waals surface area contributed by atoms with Crippen molar-refractivity contribution in [2.45, 2.75) is 439 Å². The van der Waals surface area contributed by atoms with Crippen molar-refractivity contribution in [3.05, 3.63) is 0 Å². The molecule has 99 heavy (non-hydrogen) atoms. The van der Waals surface area contributed by atoms with E-state index in [1.165, 1.54) is 231 Å². The Bertz CT molecular complexity index is 1910. The van der Waals surface area contributed by atoms with E-state index in [9.17, 15) is 43.2 Å². The summed E-state index contributed by atoms with van der Waals surface area (Å²) in [7, 11) is -9.92. The van der Waals surface area contributed by atoms with Gasteiger partial charge in [0, 0.05) is 25.7 Å². The van der Waals surface area contributed by atoms with Crippen molar-refractivity contribution in [3.63, 3.8) is 0 Å². The molecule has 0 aliphatic carbocycles. The maximum atomic E-state index is 13.1. The topological polar surface area (TPSA) is 237 Å². The van der Waals surface area contributed by atoms with E-state index in [1.54, 1.807) is 0 Å². The molecule has 0 bridgehead atoms. The molecule has 0 amide bonds. The summed E-state index contributed by atoms with van der Waals surface area (Å²) >= 11 is 0. The Morgan fingerprint density at radius 1 is 0.273 bits per heavy atom. The maximum absolute atomic E-state index is 13.1. The standard InChI is InChI=1S/C80H156O17P2/c1-7-9-11-13-15-17-19-21-23-24-25-27-31-36-40-46-53-59-65-79(84)96-75(68-90-77(82)62-56-50-44-38-34-32-28-29-33-37-42-48-54-60-72(3)4)70-94-98(86,87)92-66-74(81)67-93-99(88,89)95-71-76(69-91-78(83)63-57-51-47-41-43-49-55-61-73(5)6)97-80(85)64-58-52-45-39-35-30-26-22-20-18-16-14-12-10-8-2/h72-76,81H,7-71H2,1-6H3,(H,86,87)(H,88,89)/t74-,75-,76-/m1/s1. The van der Waals surface area contributed by atoms with Crippen molar-refractivity contribution in [1.82, 2.24) is 0 Å². The summed E-state index contributed by atoms with van der Waals surface area (Å²) in [5.74, 6) is -0.613. The van der Waals surface area contributed by atoms with Crippen LogP contribution in [0.5, 0.6) is 0 Å². The molecule has 0 radical (unpaired) electrons. The summed E-state index contributed by atoms with van der Waals surface area (Å²) < 4.78 is 68.7. The van der Waals surface area contributed by atoms with Gasteiger partial charge in [-0.2, -0.15) is 0 Å². The molecule has 0 aliphatic rings. The molecule has 0 fully saturated rings. The van der Waals surface area contributed by atoms with Crippen LogP contribution in [0.2, 0.25) is 0 Å². The molecule has 0 heterocycles. The summed E-state index contributed by atoms with van der Waals surface area (Å²) in [5, 5.41) is 10.6. The maximum Gasteiger partial charge on any atom is 0.472 e. The van der Waals surface area contributed by atoms with Crippen LogP contribution in [0.4, 0.5) is 0 Å². The number of carbonyl (C=O) groups excluding carboxylic acids is 4. The van der Waals surface area contributed by atoms with Gasteiger partial charge >= 0.3 is 39.5 Å². The zero-order valence-corrected chi connectivity index (χ0v) is 66.6. The fourth-order valence-corrected chi connectivity index (χ4v) is 13.9. The van der Waals surface area contributed by atoms with Crippen LogP contribution in [-0.4, -0.2) is 96.7 Å². The number of phosphoric ester groups is 2. The molecule has 2 unspecified atom stereocenters. The van der Waals surface area contributed by atoms with Crippen LogP contribution in [0, 0.1) is 11.8 Å². The van der Waals surface area contributed by atoms with Gasteiger partial charge in [0.05, 0.1) is 26.4 Å². The first-order valence-corrected chi connectivity index (χ1v) is 44.5. The van der Waals surface area contributed by atoms with Crippen LogP contribution < -0.4 is 0 Å². The van der Waals surface area contributed by atoms with Crippen LogP contribution in [0.1, 0.15) is 420 Å². The molecule has 0 aromatic rings. The summed E-state index contributed by atoms with van der Waals surface area (Å²) in [4.78, 5) is 73.0. The van der Waals surface area contributed by atoms with E-state index < -0.39 is 97.5 Å². The van der Waals surface area contributed by atoms with Gasteiger partial charge in [0.1, 0.15) is 19.3 Å². The number of esters is 4. The van der Waals surface area contributed by atoms with Crippen LogP contribution in [0.3, 0.4) is 0 Å². The van der Waals surface area contributed by atoms with E-state index in [4.69, 9.17) is 37.0 Å². The third-order valence-electron chi connectivity index (χ3n) is 18.7. The number of aliphatic hydroxyl groups excluding tert-OH is 1. The van der Waals surface area contributed by atoms with Gasteiger partial charge in [0.15, 0.2) is 12.2 Å². The summed E-state index contributed by atoms with van der Waals surface area (Å²) in [6.45, 7) is 9.60. The van der Waals surface area contributed by atoms with Gasteiger partial charge in [-0.05, 0) is 37.5 Å². The number of rotatable bonds is 79. The zero-order valence-electron chi connectivity index (χ0n) is 64.8. The second kappa shape index (κ2) is 71.7. The van der Waals surface area contributed by atoms with Gasteiger partial charge in [-0.3, -0.25) is 37.3 Å². The molecule has 19 heteroatoms. The molecule has 0 saturated carbocycles. The van der Waals surface area contributed by atoms with Crippen LogP contribution in [-0.2, 0) is 65.4 Å². The SMILES string of the molecule is CCCCCCCCCCCCCCCCCCCCC(=O)O[C@H](COC(=O)CCCCCCCCCCCCCCCC(C)C)COP(=O)(O)OC[C@@H](O)COP(=O)(O)OC[C@@H](COC(=O)CCCCCCCCCC(C)C)OC(=O)CCCCCCCCCCCCCCCCC. The van der Waals surface area contributed by atoms with Crippen molar-refractivity contribution in [1.29, 1.82) is 0 Å². The van der Waals surface area contributed by atoms with E-state index in [0.717, 1.165) is 102 Å². The number of ether oxygens (including phenoxy) is 4. The highest BCUT2D eigenvalue weighted by Gasteiger charge is 2.30. The first-order chi connectivity index (χ1) is 47.9. The number of carbonyl (C=O) groups is 4. The molecule has 0 saturated heterocycles. The Hall–Kier alpha value is -1.94. The lowest BCUT2D eigenvalue weighted by Gasteiger charge is -2.21. The van der Waals surface area contributed by atoms with E-state index in [2.05, 4.69) is 41.5 Å². The van der Waals surface area contributed by atoms with Gasteiger partial charge in [0.2, 0.25) is 0 Å². The molecular weight excluding hydrogens is 1290 g/mol. The van der Waals surface area contributed by atoms with Gasteiger partial charge in [-0.15, -0.1) is 0 Å². The summed E-state index contributed by atoms with van der Waals surface area (Å²) in [6, 6.07) is 0. The molecular formula is C80H156O17P2. The van der Waals surface area contributed by atoms with Crippen molar-refractivity contribution in [2.75, 3.05) is 39.6 Å². The molecule has 0 aromatic heterocycles. The molecule has 0 spiro atoms. The first kappa shape index (κ1) is 97.1. The van der Waals surface area contributed by atoms with Crippen LogP contribution >= 0.6 is 15.6 Å². The monoisotopic (exact) mass is 1450 g/mol. The Morgan fingerprint density at radius 3 is 0.687 bits per heavy atom. The Labute approximate surface area is 607 Å². The highest BCUT2D eigenvalue weighted by molar-refractivity contribution is 7.47. The van der Waals surface area contributed by atoms with Gasteiger partial charge in [-0.1, -0.05) is 369 Å².